The lowest BCUT2D eigenvalue weighted by Gasteiger charge is -2.08. The number of benzene rings is 1. The lowest BCUT2D eigenvalue weighted by molar-refractivity contribution is 0.627. The second kappa shape index (κ2) is 5.40. The van der Waals surface area contributed by atoms with Crippen molar-refractivity contribution in [2.75, 3.05) is 5.32 Å². The highest BCUT2D eigenvalue weighted by Crippen LogP contribution is 2.17. The second-order valence-corrected chi connectivity index (χ2v) is 4.50. The van der Waals surface area contributed by atoms with E-state index in [9.17, 15) is 4.39 Å². The van der Waals surface area contributed by atoms with Crippen molar-refractivity contribution in [3.63, 3.8) is 0 Å². The summed E-state index contributed by atoms with van der Waals surface area (Å²) >= 11 is 5.73. The number of halogens is 2. The summed E-state index contributed by atoms with van der Waals surface area (Å²) in [4.78, 5) is 4.38. The molecular weight excluding hydrogens is 253 g/mol. The molecule has 96 valence electrons. The van der Waals surface area contributed by atoms with Gasteiger partial charge in [0.05, 0.1) is 10.7 Å². The second-order valence-electron chi connectivity index (χ2n) is 4.09. The first-order valence-electron chi connectivity index (χ1n) is 5.81. The number of rotatable bonds is 4. The Labute approximate surface area is 111 Å². The van der Waals surface area contributed by atoms with E-state index in [1.165, 1.54) is 6.07 Å². The van der Waals surface area contributed by atoms with Gasteiger partial charge in [-0.15, -0.1) is 0 Å². The number of hydrogen-bond donors (Lipinski definition) is 1. The number of aromatic nitrogens is 2. The maximum Gasteiger partial charge on any atom is 0.203 e. The van der Waals surface area contributed by atoms with Gasteiger partial charge in [-0.1, -0.05) is 17.7 Å². The zero-order chi connectivity index (χ0) is 13.1. The van der Waals surface area contributed by atoms with Crippen molar-refractivity contribution >= 4 is 17.5 Å². The van der Waals surface area contributed by atoms with Crippen LogP contribution in [0.1, 0.15) is 18.2 Å². The minimum atomic E-state index is -0.397. The molecule has 0 atom stereocenters. The molecule has 1 aromatic carbocycles. The van der Waals surface area contributed by atoms with E-state index in [4.69, 9.17) is 11.6 Å². The number of nitrogens with zero attached hydrogens (tertiary/aromatic N) is 2. The molecule has 0 amide bonds. The van der Waals surface area contributed by atoms with Crippen molar-refractivity contribution in [3.8, 4) is 0 Å². The van der Waals surface area contributed by atoms with Crippen LogP contribution < -0.4 is 5.32 Å². The SMILES string of the molecule is CCn1cc(C)nc1NCc1ccc(F)c(Cl)c1. The monoisotopic (exact) mass is 267 g/mol. The lowest BCUT2D eigenvalue weighted by Crippen LogP contribution is -2.06. The van der Waals surface area contributed by atoms with Crippen LogP contribution in [-0.4, -0.2) is 9.55 Å². The smallest absolute Gasteiger partial charge is 0.203 e. The van der Waals surface area contributed by atoms with Gasteiger partial charge in [-0.25, -0.2) is 9.37 Å². The molecule has 0 saturated carbocycles. The Kier molecular flexibility index (Phi) is 3.87. The molecule has 2 rings (SSSR count). The Balaban J connectivity index is 2.08. The maximum absolute atomic E-state index is 13.0. The van der Waals surface area contributed by atoms with Crippen molar-refractivity contribution in [1.29, 1.82) is 0 Å². The van der Waals surface area contributed by atoms with Gasteiger partial charge in [0.25, 0.3) is 0 Å². The highest BCUT2D eigenvalue weighted by Gasteiger charge is 2.05. The lowest BCUT2D eigenvalue weighted by atomic mass is 10.2. The molecule has 1 heterocycles. The zero-order valence-corrected chi connectivity index (χ0v) is 11.1. The van der Waals surface area contributed by atoms with Crippen molar-refractivity contribution in [2.24, 2.45) is 0 Å². The molecule has 0 unspecified atom stereocenters. The third kappa shape index (κ3) is 2.82. The number of anilines is 1. The van der Waals surface area contributed by atoms with E-state index in [-0.39, 0.29) is 5.02 Å². The average molecular weight is 268 g/mol. The Morgan fingerprint density at radius 3 is 2.89 bits per heavy atom. The Morgan fingerprint density at radius 2 is 2.22 bits per heavy atom. The van der Waals surface area contributed by atoms with Gasteiger partial charge >= 0.3 is 0 Å². The Bertz CT molecular complexity index is 551. The highest BCUT2D eigenvalue weighted by molar-refractivity contribution is 6.30. The Morgan fingerprint density at radius 1 is 1.44 bits per heavy atom. The van der Waals surface area contributed by atoms with E-state index < -0.39 is 5.82 Å². The van der Waals surface area contributed by atoms with Crippen molar-refractivity contribution in [1.82, 2.24) is 9.55 Å². The van der Waals surface area contributed by atoms with Crippen molar-refractivity contribution < 1.29 is 4.39 Å². The molecule has 18 heavy (non-hydrogen) atoms. The molecule has 0 aliphatic carbocycles. The topological polar surface area (TPSA) is 29.9 Å². The van der Waals surface area contributed by atoms with E-state index in [2.05, 4.69) is 17.2 Å². The Hall–Kier alpha value is -1.55. The quantitative estimate of drug-likeness (QED) is 0.917. The van der Waals surface area contributed by atoms with Crippen LogP contribution >= 0.6 is 11.6 Å². The van der Waals surface area contributed by atoms with Gasteiger partial charge < -0.3 is 9.88 Å². The zero-order valence-electron chi connectivity index (χ0n) is 10.4. The fourth-order valence-electron chi connectivity index (χ4n) is 1.76. The van der Waals surface area contributed by atoms with Crippen LogP contribution in [0.15, 0.2) is 24.4 Å². The van der Waals surface area contributed by atoms with Crippen LogP contribution in [0.2, 0.25) is 5.02 Å². The van der Waals surface area contributed by atoms with Gasteiger partial charge in [0.15, 0.2) is 0 Å². The van der Waals surface area contributed by atoms with E-state index in [1.54, 1.807) is 12.1 Å². The summed E-state index contributed by atoms with van der Waals surface area (Å²) in [6.07, 6.45) is 1.99. The number of imidazole rings is 1. The maximum atomic E-state index is 13.0. The summed E-state index contributed by atoms with van der Waals surface area (Å²) in [6, 6.07) is 4.70. The summed E-state index contributed by atoms with van der Waals surface area (Å²) in [5, 5.41) is 3.36. The number of hydrogen-bond acceptors (Lipinski definition) is 2. The molecule has 2 aromatic rings. The first-order valence-corrected chi connectivity index (χ1v) is 6.19. The molecule has 1 N–H and O–H groups in total. The molecule has 5 heteroatoms. The largest absolute Gasteiger partial charge is 0.352 e. The summed E-state index contributed by atoms with van der Waals surface area (Å²) in [6.45, 7) is 5.43. The third-order valence-corrected chi connectivity index (χ3v) is 2.96. The molecule has 0 saturated heterocycles. The highest BCUT2D eigenvalue weighted by atomic mass is 35.5. The van der Waals surface area contributed by atoms with Crippen LogP contribution in [0.25, 0.3) is 0 Å². The molecular formula is C13H15ClFN3. The van der Waals surface area contributed by atoms with Gasteiger partial charge in [0.2, 0.25) is 5.95 Å². The molecule has 3 nitrogen and oxygen atoms in total. The number of aryl methyl sites for hydroxylation is 2. The predicted molar refractivity (Wildman–Crippen MR) is 71.4 cm³/mol. The van der Waals surface area contributed by atoms with E-state index in [0.717, 1.165) is 23.8 Å². The van der Waals surface area contributed by atoms with Gasteiger partial charge in [-0.3, -0.25) is 0 Å². The van der Waals surface area contributed by atoms with E-state index in [1.807, 2.05) is 17.7 Å². The molecule has 0 bridgehead atoms. The third-order valence-electron chi connectivity index (χ3n) is 2.67. The standard InChI is InChI=1S/C13H15ClFN3/c1-3-18-8-9(2)17-13(18)16-7-10-4-5-12(15)11(14)6-10/h4-6,8H,3,7H2,1-2H3,(H,16,17). The van der Waals surface area contributed by atoms with E-state index in [0.29, 0.717) is 6.54 Å². The first-order chi connectivity index (χ1) is 8.60. The summed E-state index contributed by atoms with van der Waals surface area (Å²) in [5.74, 6) is 0.418. The van der Waals surface area contributed by atoms with Crippen LogP contribution in [0, 0.1) is 12.7 Å². The first kappa shape index (κ1) is 12.9. The molecule has 0 fully saturated rings. The predicted octanol–water partition coefficient (Wildman–Crippen LogP) is 3.62. The molecule has 1 aromatic heterocycles. The van der Waals surface area contributed by atoms with Crippen LogP contribution in [0.4, 0.5) is 10.3 Å². The minimum absolute atomic E-state index is 0.143. The van der Waals surface area contributed by atoms with Crippen LogP contribution in [0.3, 0.4) is 0 Å². The van der Waals surface area contributed by atoms with Gasteiger partial charge in [0, 0.05) is 19.3 Å². The number of nitrogens with one attached hydrogen (secondary N) is 1. The minimum Gasteiger partial charge on any atom is -0.352 e. The van der Waals surface area contributed by atoms with E-state index >= 15 is 0 Å². The summed E-state index contributed by atoms with van der Waals surface area (Å²) < 4.78 is 15.0. The molecule has 0 radical (unpaired) electrons. The average Bonchev–Trinajstić information content (AvgIpc) is 2.71. The molecule has 0 aliphatic heterocycles. The fourth-order valence-corrected chi connectivity index (χ4v) is 1.96. The van der Waals surface area contributed by atoms with Gasteiger partial charge in [0.1, 0.15) is 5.82 Å². The van der Waals surface area contributed by atoms with Crippen molar-refractivity contribution in [2.45, 2.75) is 26.9 Å². The van der Waals surface area contributed by atoms with Crippen LogP contribution in [-0.2, 0) is 13.1 Å². The normalized spacial score (nSPS) is 10.7. The fraction of sp³-hybridized carbons (Fsp3) is 0.308. The van der Waals surface area contributed by atoms with Crippen LogP contribution in [0.5, 0.6) is 0 Å². The van der Waals surface area contributed by atoms with Crippen molar-refractivity contribution in [3.05, 3.63) is 46.5 Å². The molecule has 0 aliphatic rings. The van der Waals surface area contributed by atoms with Gasteiger partial charge in [-0.05, 0) is 31.5 Å². The molecule has 0 spiro atoms. The summed E-state index contributed by atoms with van der Waals surface area (Å²) in [7, 11) is 0. The van der Waals surface area contributed by atoms with Gasteiger partial charge in [-0.2, -0.15) is 0 Å². The summed E-state index contributed by atoms with van der Waals surface area (Å²) in [5.41, 5.74) is 1.89.